The number of hydrogen-bond acceptors (Lipinski definition) is 6. The van der Waals surface area contributed by atoms with Crippen molar-refractivity contribution >= 4 is 5.78 Å². The Morgan fingerprint density at radius 2 is 1.76 bits per heavy atom. The molecule has 0 aromatic carbocycles. The summed E-state index contributed by atoms with van der Waals surface area (Å²) in [7, 11) is 2.70. The average molecular weight is 248 g/mol. The summed E-state index contributed by atoms with van der Waals surface area (Å²) in [5, 5.41) is 19.5. The van der Waals surface area contributed by atoms with Crippen molar-refractivity contribution in [3.05, 3.63) is 0 Å². The molecule has 0 radical (unpaired) electrons. The summed E-state index contributed by atoms with van der Waals surface area (Å²) in [6, 6.07) is 0. The molecule has 0 saturated carbocycles. The number of hydrogen-bond donors (Lipinski definition) is 2. The second-order valence-corrected chi connectivity index (χ2v) is 4.40. The van der Waals surface area contributed by atoms with Crippen molar-refractivity contribution in [1.82, 2.24) is 0 Å². The van der Waals surface area contributed by atoms with Crippen LogP contribution < -0.4 is 0 Å². The topological polar surface area (TPSA) is 85.2 Å². The molecule has 0 spiro atoms. The standard InChI is InChI=1S/C11H20O6/c1-5(2)6(12)10-9(15-3)7(13)8(14)11(16-4)17-10/h5,7-11,13-14H,1-4H3. The van der Waals surface area contributed by atoms with Gasteiger partial charge in [0, 0.05) is 20.1 Å². The lowest BCUT2D eigenvalue weighted by Gasteiger charge is -2.41. The molecule has 2 N–H and O–H groups in total. The monoisotopic (exact) mass is 248 g/mol. The number of carbonyl (C=O) groups excluding carboxylic acids is 1. The Balaban J connectivity index is 2.90. The van der Waals surface area contributed by atoms with Gasteiger partial charge in [-0.05, 0) is 0 Å². The zero-order chi connectivity index (χ0) is 13.2. The van der Waals surface area contributed by atoms with E-state index in [4.69, 9.17) is 14.2 Å². The molecule has 0 aromatic heterocycles. The number of ketones is 1. The first-order chi connectivity index (χ1) is 7.93. The minimum Gasteiger partial charge on any atom is -0.387 e. The third kappa shape index (κ3) is 2.83. The zero-order valence-corrected chi connectivity index (χ0v) is 10.5. The summed E-state index contributed by atoms with van der Waals surface area (Å²) < 4.78 is 15.3. The van der Waals surface area contributed by atoms with Gasteiger partial charge in [0.05, 0.1) is 0 Å². The van der Waals surface area contributed by atoms with Gasteiger partial charge in [0.25, 0.3) is 0 Å². The van der Waals surface area contributed by atoms with Gasteiger partial charge in [-0.15, -0.1) is 0 Å². The highest BCUT2D eigenvalue weighted by Gasteiger charge is 2.48. The first-order valence-corrected chi connectivity index (χ1v) is 5.55. The van der Waals surface area contributed by atoms with Crippen molar-refractivity contribution in [1.29, 1.82) is 0 Å². The average Bonchev–Trinajstić information content (AvgIpc) is 2.31. The molecule has 0 aromatic rings. The number of carbonyl (C=O) groups is 1. The molecule has 0 amide bonds. The van der Waals surface area contributed by atoms with E-state index >= 15 is 0 Å². The van der Waals surface area contributed by atoms with E-state index in [0.29, 0.717) is 0 Å². The fraction of sp³-hybridized carbons (Fsp3) is 0.909. The Morgan fingerprint density at radius 1 is 1.18 bits per heavy atom. The highest BCUT2D eigenvalue weighted by Crippen LogP contribution is 2.25. The summed E-state index contributed by atoms with van der Waals surface area (Å²) in [4.78, 5) is 11.9. The lowest BCUT2D eigenvalue weighted by atomic mass is 9.92. The van der Waals surface area contributed by atoms with E-state index in [1.807, 2.05) is 0 Å². The molecule has 5 unspecified atom stereocenters. The van der Waals surface area contributed by atoms with Gasteiger partial charge in [0.2, 0.25) is 0 Å². The lowest BCUT2D eigenvalue weighted by Crippen LogP contribution is -2.61. The maximum atomic E-state index is 11.9. The van der Waals surface area contributed by atoms with E-state index in [-0.39, 0.29) is 11.7 Å². The highest BCUT2D eigenvalue weighted by atomic mass is 16.7. The normalized spacial score (nSPS) is 38.4. The Bertz CT molecular complexity index is 267. The van der Waals surface area contributed by atoms with Gasteiger partial charge in [-0.3, -0.25) is 4.79 Å². The van der Waals surface area contributed by atoms with Crippen molar-refractivity contribution in [2.75, 3.05) is 14.2 Å². The largest absolute Gasteiger partial charge is 0.387 e. The molecule has 0 bridgehead atoms. The van der Waals surface area contributed by atoms with E-state index in [9.17, 15) is 15.0 Å². The third-order valence-electron chi connectivity index (χ3n) is 2.90. The van der Waals surface area contributed by atoms with Crippen molar-refractivity contribution in [3.63, 3.8) is 0 Å². The van der Waals surface area contributed by atoms with E-state index in [1.165, 1.54) is 14.2 Å². The molecule has 1 aliphatic heterocycles. The van der Waals surface area contributed by atoms with Gasteiger partial charge in [0.15, 0.2) is 12.1 Å². The first-order valence-electron chi connectivity index (χ1n) is 5.55. The van der Waals surface area contributed by atoms with E-state index in [2.05, 4.69) is 0 Å². The molecule has 0 aliphatic carbocycles. The fourth-order valence-corrected chi connectivity index (χ4v) is 1.85. The number of aliphatic hydroxyl groups is 2. The maximum Gasteiger partial charge on any atom is 0.186 e. The van der Waals surface area contributed by atoms with Crippen LogP contribution in [0.25, 0.3) is 0 Å². The molecular weight excluding hydrogens is 228 g/mol. The van der Waals surface area contributed by atoms with Crippen LogP contribution in [0.5, 0.6) is 0 Å². The van der Waals surface area contributed by atoms with Crippen molar-refractivity contribution in [2.24, 2.45) is 5.92 Å². The first kappa shape index (κ1) is 14.5. The molecule has 6 heteroatoms. The van der Waals surface area contributed by atoms with Crippen LogP contribution in [-0.4, -0.2) is 60.9 Å². The number of Topliss-reactive ketones (excluding diaryl/α,β-unsaturated/α-hetero) is 1. The van der Waals surface area contributed by atoms with Crippen LogP contribution in [0.1, 0.15) is 13.8 Å². The minimum absolute atomic E-state index is 0.190. The molecule has 1 fully saturated rings. The van der Waals surface area contributed by atoms with Crippen molar-refractivity contribution in [3.8, 4) is 0 Å². The fourth-order valence-electron chi connectivity index (χ4n) is 1.85. The summed E-state index contributed by atoms with van der Waals surface area (Å²) in [5.41, 5.74) is 0. The Labute approximate surface area is 100 Å². The molecule has 1 rings (SSSR count). The highest BCUT2D eigenvalue weighted by molar-refractivity contribution is 5.85. The number of aliphatic hydroxyl groups excluding tert-OH is 2. The molecule has 1 heterocycles. The van der Waals surface area contributed by atoms with Crippen LogP contribution >= 0.6 is 0 Å². The number of methoxy groups -OCH3 is 2. The smallest absolute Gasteiger partial charge is 0.186 e. The molecular formula is C11H20O6. The summed E-state index contributed by atoms with van der Waals surface area (Å²) in [6.07, 6.45) is -5.29. The van der Waals surface area contributed by atoms with Crippen molar-refractivity contribution in [2.45, 2.75) is 44.6 Å². The zero-order valence-electron chi connectivity index (χ0n) is 10.5. The van der Waals surface area contributed by atoms with Gasteiger partial charge in [-0.25, -0.2) is 0 Å². The third-order valence-corrected chi connectivity index (χ3v) is 2.90. The van der Waals surface area contributed by atoms with E-state index in [0.717, 1.165) is 0 Å². The van der Waals surface area contributed by atoms with Gasteiger partial charge >= 0.3 is 0 Å². The SMILES string of the molecule is COC1OC(C(=O)C(C)C)C(OC)C(O)C1O. The Kier molecular flexibility index (Phi) is 5.03. The van der Waals surface area contributed by atoms with E-state index < -0.39 is 30.7 Å². The second kappa shape index (κ2) is 5.88. The molecule has 1 saturated heterocycles. The molecule has 100 valence electrons. The summed E-state index contributed by atoms with van der Waals surface area (Å²) >= 11 is 0. The van der Waals surface area contributed by atoms with Gasteiger partial charge < -0.3 is 24.4 Å². The number of ether oxygens (including phenoxy) is 3. The molecule has 17 heavy (non-hydrogen) atoms. The minimum atomic E-state index is -1.24. The second-order valence-electron chi connectivity index (χ2n) is 4.40. The van der Waals surface area contributed by atoms with Crippen LogP contribution in [-0.2, 0) is 19.0 Å². The van der Waals surface area contributed by atoms with Crippen LogP contribution in [0, 0.1) is 5.92 Å². The summed E-state index contributed by atoms with van der Waals surface area (Å²) in [6.45, 7) is 3.47. The quantitative estimate of drug-likeness (QED) is 0.685. The molecule has 5 atom stereocenters. The Morgan fingerprint density at radius 3 is 2.18 bits per heavy atom. The van der Waals surface area contributed by atoms with Crippen LogP contribution in [0.3, 0.4) is 0 Å². The lowest BCUT2D eigenvalue weighted by molar-refractivity contribution is -0.287. The molecule has 1 aliphatic rings. The van der Waals surface area contributed by atoms with E-state index in [1.54, 1.807) is 13.8 Å². The maximum absolute atomic E-state index is 11.9. The van der Waals surface area contributed by atoms with Gasteiger partial charge in [0.1, 0.15) is 24.4 Å². The predicted octanol–water partition coefficient (Wildman–Crippen LogP) is -0.680. The van der Waals surface area contributed by atoms with Crippen LogP contribution in [0.4, 0.5) is 0 Å². The van der Waals surface area contributed by atoms with Crippen LogP contribution in [0.15, 0.2) is 0 Å². The molecule has 6 nitrogen and oxygen atoms in total. The van der Waals surface area contributed by atoms with Gasteiger partial charge in [-0.1, -0.05) is 13.8 Å². The van der Waals surface area contributed by atoms with Crippen LogP contribution in [0.2, 0.25) is 0 Å². The van der Waals surface area contributed by atoms with Gasteiger partial charge in [-0.2, -0.15) is 0 Å². The summed E-state index contributed by atoms with van der Waals surface area (Å²) in [5.74, 6) is -0.442. The predicted molar refractivity (Wildman–Crippen MR) is 58.3 cm³/mol. The Hall–Kier alpha value is -0.530. The van der Waals surface area contributed by atoms with Crippen molar-refractivity contribution < 1.29 is 29.2 Å². The number of rotatable bonds is 4.